The van der Waals surface area contributed by atoms with Crippen molar-refractivity contribution in [2.75, 3.05) is 13.3 Å². The molecule has 0 aromatic heterocycles. The predicted octanol–water partition coefficient (Wildman–Crippen LogP) is 3.88. The maximum absolute atomic E-state index is 13.4. The molecule has 0 fully saturated rings. The number of halogens is 7. The Morgan fingerprint density at radius 1 is 0.957 bits per heavy atom. The minimum Gasteiger partial charge on any atom is -0.459 e. The van der Waals surface area contributed by atoms with Crippen LogP contribution in [0.4, 0.5) is 30.7 Å². The molecule has 0 aliphatic heterocycles. The fourth-order valence-corrected chi connectivity index (χ4v) is 1.55. The van der Waals surface area contributed by atoms with Crippen LogP contribution in [0.5, 0.6) is 0 Å². The smallest absolute Gasteiger partial charge is 0.333 e. The lowest BCUT2D eigenvalue weighted by Crippen LogP contribution is -2.44. The average Bonchev–Trinajstić information content (AvgIpc) is 2.53. The lowest BCUT2D eigenvalue weighted by Gasteiger charge is -2.24. The molecule has 0 heterocycles. The van der Waals surface area contributed by atoms with Crippen LogP contribution < -0.4 is 0 Å². The second-order valence-electron chi connectivity index (χ2n) is 5.02. The van der Waals surface area contributed by atoms with E-state index in [-0.39, 0.29) is 5.57 Å². The Labute approximate surface area is 129 Å². The Hall–Kier alpha value is -1.28. The van der Waals surface area contributed by atoms with Gasteiger partial charge in [0.15, 0.2) is 30.9 Å². The normalized spacial score (nSPS) is 19.3. The van der Waals surface area contributed by atoms with Crippen LogP contribution in [0.1, 0.15) is 19.8 Å². The molecular weight excluding hydrogens is 333 g/mol. The fourth-order valence-electron chi connectivity index (χ4n) is 1.55. The number of rotatable bonds is 11. The second-order valence-corrected chi connectivity index (χ2v) is 5.02. The van der Waals surface area contributed by atoms with E-state index in [0.717, 1.165) is 0 Å². The molecule has 9 heteroatoms. The zero-order chi connectivity index (χ0) is 18.2. The van der Waals surface area contributed by atoms with Gasteiger partial charge < -0.3 is 4.74 Å². The molecule has 0 N–H and O–H groups in total. The van der Waals surface area contributed by atoms with Crippen LogP contribution in [-0.4, -0.2) is 56.3 Å². The Kier molecular flexibility index (Phi) is 9.90. The Morgan fingerprint density at radius 3 is 1.87 bits per heavy atom. The van der Waals surface area contributed by atoms with Crippen molar-refractivity contribution in [3.05, 3.63) is 12.2 Å². The first-order valence-electron chi connectivity index (χ1n) is 6.86. The minimum atomic E-state index is -3.30. The van der Waals surface area contributed by atoms with Gasteiger partial charge in [0, 0.05) is 5.57 Å². The highest BCUT2D eigenvalue weighted by Gasteiger charge is 2.43. The second kappa shape index (κ2) is 10.5. The van der Waals surface area contributed by atoms with Crippen molar-refractivity contribution in [1.82, 2.24) is 0 Å². The van der Waals surface area contributed by atoms with Crippen LogP contribution in [0, 0.1) is 0 Å². The van der Waals surface area contributed by atoms with Gasteiger partial charge in [-0.1, -0.05) is 6.58 Å². The molecule has 6 unspecified atom stereocenters. The first-order valence-corrected chi connectivity index (χ1v) is 6.86. The van der Waals surface area contributed by atoms with E-state index in [1.54, 1.807) is 0 Å². The predicted molar refractivity (Wildman–Crippen MR) is 70.4 cm³/mol. The summed E-state index contributed by atoms with van der Waals surface area (Å²) in [6, 6.07) is 0. The van der Waals surface area contributed by atoms with Crippen molar-refractivity contribution in [1.29, 1.82) is 0 Å². The van der Waals surface area contributed by atoms with Gasteiger partial charge in [-0.05, 0) is 19.8 Å². The summed E-state index contributed by atoms with van der Waals surface area (Å²) in [4.78, 5) is 11.0. The van der Waals surface area contributed by atoms with Gasteiger partial charge in [0.1, 0.15) is 12.8 Å². The van der Waals surface area contributed by atoms with Gasteiger partial charge in [0.25, 0.3) is 0 Å². The molecular formula is C14H19F7O2. The summed E-state index contributed by atoms with van der Waals surface area (Å²) in [7, 11) is 0. The van der Waals surface area contributed by atoms with E-state index in [2.05, 4.69) is 11.3 Å². The molecule has 0 amide bonds. The number of esters is 1. The van der Waals surface area contributed by atoms with E-state index in [9.17, 15) is 35.5 Å². The van der Waals surface area contributed by atoms with Gasteiger partial charge in [-0.15, -0.1) is 0 Å². The van der Waals surface area contributed by atoms with Gasteiger partial charge in [-0.3, -0.25) is 4.39 Å². The molecule has 2 nitrogen and oxygen atoms in total. The van der Waals surface area contributed by atoms with E-state index in [1.165, 1.54) is 6.92 Å². The highest BCUT2D eigenvalue weighted by molar-refractivity contribution is 5.86. The number of alkyl halides is 7. The van der Waals surface area contributed by atoms with Crippen LogP contribution in [-0.2, 0) is 9.53 Å². The van der Waals surface area contributed by atoms with Gasteiger partial charge in [-0.2, -0.15) is 0 Å². The molecule has 0 saturated heterocycles. The summed E-state index contributed by atoms with van der Waals surface area (Å²) >= 11 is 0. The van der Waals surface area contributed by atoms with Crippen molar-refractivity contribution in [2.24, 2.45) is 0 Å². The summed E-state index contributed by atoms with van der Waals surface area (Å²) in [5.74, 6) is -1.06. The molecule has 0 bridgehead atoms. The SMILES string of the molecule is C=C(C)C(=O)OCC(F)C(F)C(F)C(F)C(F)C(F)CCCF. The highest BCUT2D eigenvalue weighted by atomic mass is 19.2. The molecule has 6 atom stereocenters. The fraction of sp³-hybridized carbons (Fsp3) is 0.786. The summed E-state index contributed by atoms with van der Waals surface area (Å²) in [6.07, 6.45) is -19.2. The molecule has 0 saturated carbocycles. The Morgan fingerprint density at radius 2 is 1.43 bits per heavy atom. The molecule has 0 spiro atoms. The molecule has 0 rings (SSSR count). The zero-order valence-electron chi connectivity index (χ0n) is 12.5. The molecule has 0 aliphatic rings. The molecule has 23 heavy (non-hydrogen) atoms. The first kappa shape index (κ1) is 21.7. The summed E-state index contributed by atoms with van der Waals surface area (Å²) in [5.41, 5.74) is -0.121. The minimum absolute atomic E-state index is 0.121. The summed E-state index contributed by atoms with van der Waals surface area (Å²) < 4.78 is 96.1. The van der Waals surface area contributed by atoms with Gasteiger partial charge in [0.2, 0.25) is 0 Å². The number of carbonyl (C=O) groups is 1. The monoisotopic (exact) mass is 352 g/mol. The van der Waals surface area contributed by atoms with Gasteiger partial charge in [-0.25, -0.2) is 31.1 Å². The van der Waals surface area contributed by atoms with Crippen molar-refractivity contribution in [3.8, 4) is 0 Å². The quantitative estimate of drug-likeness (QED) is 0.320. The number of hydrogen-bond acceptors (Lipinski definition) is 2. The van der Waals surface area contributed by atoms with E-state index < -0.39 is 69.1 Å². The first-order chi connectivity index (χ1) is 10.6. The molecule has 0 aromatic rings. The van der Waals surface area contributed by atoms with Crippen molar-refractivity contribution in [3.63, 3.8) is 0 Å². The standard InChI is InChI=1S/C14H19F7O2/c1-7(2)14(22)23-6-9(17)11(19)13(21)12(20)10(18)8(16)4-3-5-15/h8-13H,1,3-6H2,2H3. The zero-order valence-corrected chi connectivity index (χ0v) is 12.5. The van der Waals surface area contributed by atoms with Crippen LogP contribution in [0.3, 0.4) is 0 Å². The third-order valence-corrected chi connectivity index (χ3v) is 2.94. The topological polar surface area (TPSA) is 26.3 Å². The molecule has 0 aliphatic carbocycles. The van der Waals surface area contributed by atoms with Crippen LogP contribution >= 0.6 is 0 Å². The van der Waals surface area contributed by atoms with Gasteiger partial charge >= 0.3 is 5.97 Å². The van der Waals surface area contributed by atoms with Crippen molar-refractivity contribution >= 4 is 5.97 Å². The number of ether oxygens (including phenoxy) is 1. The summed E-state index contributed by atoms with van der Waals surface area (Å²) in [5, 5.41) is 0. The molecule has 136 valence electrons. The molecule has 0 radical (unpaired) electrons. The number of carbonyl (C=O) groups excluding carboxylic acids is 1. The van der Waals surface area contributed by atoms with E-state index in [0.29, 0.717) is 0 Å². The average molecular weight is 352 g/mol. The molecule has 0 aromatic carbocycles. The maximum Gasteiger partial charge on any atom is 0.333 e. The Bertz CT molecular complexity index is 380. The van der Waals surface area contributed by atoms with Crippen molar-refractivity contribution < 1.29 is 40.3 Å². The lowest BCUT2D eigenvalue weighted by atomic mass is 9.99. The largest absolute Gasteiger partial charge is 0.459 e. The number of hydrogen-bond donors (Lipinski definition) is 0. The van der Waals surface area contributed by atoms with Crippen LogP contribution in [0.15, 0.2) is 12.2 Å². The van der Waals surface area contributed by atoms with Gasteiger partial charge in [0.05, 0.1) is 6.67 Å². The lowest BCUT2D eigenvalue weighted by molar-refractivity contribution is -0.142. The van der Waals surface area contributed by atoms with E-state index in [1.807, 2.05) is 0 Å². The van der Waals surface area contributed by atoms with Crippen LogP contribution in [0.25, 0.3) is 0 Å². The third-order valence-electron chi connectivity index (χ3n) is 2.94. The third kappa shape index (κ3) is 7.22. The van der Waals surface area contributed by atoms with Crippen molar-refractivity contribution in [2.45, 2.75) is 56.8 Å². The van der Waals surface area contributed by atoms with E-state index in [4.69, 9.17) is 0 Å². The van der Waals surface area contributed by atoms with Crippen LogP contribution in [0.2, 0.25) is 0 Å². The summed E-state index contributed by atoms with van der Waals surface area (Å²) in [6.45, 7) is 2.19. The van der Waals surface area contributed by atoms with E-state index >= 15 is 0 Å². The maximum atomic E-state index is 13.4. The Balaban J connectivity index is 4.51. The highest BCUT2D eigenvalue weighted by Crippen LogP contribution is 2.25.